The van der Waals surface area contributed by atoms with Crippen LogP contribution < -0.4 is 4.90 Å². The largest absolute Gasteiger partial charge is 0.507 e. The molecular formula is C26H18ClFN2O3S. The molecule has 1 fully saturated rings. The van der Waals surface area contributed by atoms with Crippen molar-refractivity contribution in [2.45, 2.75) is 19.9 Å². The van der Waals surface area contributed by atoms with Crippen LogP contribution in [0.4, 0.5) is 9.52 Å². The number of hydrogen-bond donors (Lipinski definition) is 1. The average molecular weight is 493 g/mol. The second-order valence-corrected chi connectivity index (χ2v) is 9.60. The third-order valence-electron chi connectivity index (χ3n) is 5.75. The maximum atomic E-state index is 13.4. The van der Waals surface area contributed by atoms with Crippen molar-refractivity contribution in [3.8, 4) is 0 Å². The van der Waals surface area contributed by atoms with Crippen LogP contribution in [0, 0.1) is 19.7 Å². The van der Waals surface area contributed by atoms with Crippen LogP contribution >= 0.6 is 22.9 Å². The number of rotatable bonds is 3. The van der Waals surface area contributed by atoms with Gasteiger partial charge in [0.15, 0.2) is 5.13 Å². The highest BCUT2D eigenvalue weighted by Gasteiger charge is 2.48. The first-order valence-electron chi connectivity index (χ1n) is 10.4. The van der Waals surface area contributed by atoms with E-state index in [1.54, 1.807) is 24.3 Å². The Hall–Kier alpha value is -3.55. The van der Waals surface area contributed by atoms with E-state index in [9.17, 15) is 19.1 Å². The number of carbonyl (C=O) groups is 2. The fraction of sp³-hybridized carbons (Fsp3) is 0.115. The van der Waals surface area contributed by atoms with Gasteiger partial charge in [0, 0.05) is 10.6 Å². The number of aryl methyl sites for hydroxylation is 2. The summed E-state index contributed by atoms with van der Waals surface area (Å²) in [6.07, 6.45) is 0. The van der Waals surface area contributed by atoms with E-state index in [0.717, 1.165) is 21.3 Å². The highest BCUT2D eigenvalue weighted by atomic mass is 35.5. The monoisotopic (exact) mass is 492 g/mol. The van der Waals surface area contributed by atoms with E-state index >= 15 is 0 Å². The van der Waals surface area contributed by atoms with Crippen LogP contribution in [-0.4, -0.2) is 21.8 Å². The van der Waals surface area contributed by atoms with E-state index in [-0.39, 0.29) is 16.9 Å². The Balaban J connectivity index is 1.75. The van der Waals surface area contributed by atoms with Crippen molar-refractivity contribution in [2.75, 3.05) is 4.90 Å². The minimum Gasteiger partial charge on any atom is -0.507 e. The predicted molar refractivity (Wildman–Crippen MR) is 132 cm³/mol. The normalized spacial score (nSPS) is 17.6. The number of aliphatic hydroxyl groups excluding tert-OH is 1. The van der Waals surface area contributed by atoms with Gasteiger partial charge in [-0.3, -0.25) is 14.5 Å². The van der Waals surface area contributed by atoms with Gasteiger partial charge in [-0.2, -0.15) is 0 Å². The van der Waals surface area contributed by atoms with Crippen LogP contribution in [0.5, 0.6) is 0 Å². The average Bonchev–Trinajstić information content (AvgIpc) is 3.33. The molecule has 170 valence electrons. The minimum absolute atomic E-state index is 0.106. The van der Waals surface area contributed by atoms with Crippen LogP contribution in [0.25, 0.3) is 16.0 Å². The molecule has 34 heavy (non-hydrogen) atoms. The molecule has 1 amide bonds. The predicted octanol–water partition coefficient (Wildman–Crippen LogP) is 6.33. The lowest BCUT2D eigenvalue weighted by Crippen LogP contribution is -2.29. The van der Waals surface area contributed by atoms with Crippen molar-refractivity contribution in [3.63, 3.8) is 0 Å². The molecule has 0 spiro atoms. The van der Waals surface area contributed by atoms with E-state index in [0.29, 0.717) is 15.7 Å². The Morgan fingerprint density at radius 2 is 1.82 bits per heavy atom. The Bertz CT molecular complexity index is 1510. The summed E-state index contributed by atoms with van der Waals surface area (Å²) in [6.45, 7) is 3.92. The lowest BCUT2D eigenvalue weighted by Gasteiger charge is -2.23. The summed E-state index contributed by atoms with van der Waals surface area (Å²) in [7, 11) is 0. The standard InChI is InChI=1S/C26H18ClFN2O3S/c1-13-10-14(2)21-19(11-13)34-26(29-21)30-22(16-4-3-5-17(27)12-16)20(24(32)25(30)33)23(31)15-6-8-18(28)9-7-15/h3-12,22,31H,1-2H3. The van der Waals surface area contributed by atoms with E-state index in [1.165, 1.54) is 40.5 Å². The quantitative estimate of drug-likeness (QED) is 0.206. The number of aliphatic hydroxyl groups is 1. The summed E-state index contributed by atoms with van der Waals surface area (Å²) in [4.78, 5) is 32.5. The first kappa shape index (κ1) is 22.3. The zero-order valence-corrected chi connectivity index (χ0v) is 19.7. The van der Waals surface area contributed by atoms with Gasteiger partial charge in [-0.05, 0) is 73.0 Å². The number of benzene rings is 3. The van der Waals surface area contributed by atoms with Gasteiger partial charge in [0.25, 0.3) is 5.78 Å². The van der Waals surface area contributed by atoms with Crippen LogP contribution in [0.2, 0.25) is 5.02 Å². The van der Waals surface area contributed by atoms with E-state index in [4.69, 9.17) is 11.6 Å². The van der Waals surface area contributed by atoms with Gasteiger partial charge in [-0.1, -0.05) is 41.1 Å². The first-order chi connectivity index (χ1) is 16.2. The Labute approximate surface area is 203 Å². The number of fused-ring (bicyclic) bond motifs is 1. The number of ketones is 1. The molecule has 2 heterocycles. The fourth-order valence-electron chi connectivity index (χ4n) is 4.25. The van der Waals surface area contributed by atoms with E-state index in [2.05, 4.69) is 4.98 Å². The van der Waals surface area contributed by atoms with Crippen molar-refractivity contribution in [1.29, 1.82) is 0 Å². The van der Waals surface area contributed by atoms with Crippen LogP contribution in [0.15, 0.2) is 66.2 Å². The van der Waals surface area contributed by atoms with Crippen LogP contribution in [0.1, 0.15) is 28.3 Å². The third-order valence-corrected chi connectivity index (χ3v) is 6.99. The number of thiazole rings is 1. The summed E-state index contributed by atoms with van der Waals surface area (Å²) in [5, 5.41) is 11.9. The summed E-state index contributed by atoms with van der Waals surface area (Å²) in [6, 6.07) is 14.9. The highest BCUT2D eigenvalue weighted by Crippen LogP contribution is 2.45. The molecule has 1 unspecified atom stereocenters. The molecule has 3 aromatic carbocycles. The van der Waals surface area contributed by atoms with Crippen molar-refractivity contribution in [1.82, 2.24) is 4.98 Å². The van der Waals surface area contributed by atoms with Crippen molar-refractivity contribution in [2.24, 2.45) is 0 Å². The topological polar surface area (TPSA) is 70.5 Å². The number of hydrogen-bond acceptors (Lipinski definition) is 5. The number of nitrogens with zero attached hydrogens (tertiary/aromatic N) is 2. The van der Waals surface area contributed by atoms with Crippen molar-refractivity contribution in [3.05, 3.63) is 99.3 Å². The van der Waals surface area contributed by atoms with Gasteiger partial charge in [-0.25, -0.2) is 9.37 Å². The number of carbonyl (C=O) groups excluding carboxylic acids is 2. The van der Waals surface area contributed by atoms with Gasteiger partial charge in [0.05, 0.1) is 21.8 Å². The minimum atomic E-state index is -0.953. The third kappa shape index (κ3) is 3.67. The van der Waals surface area contributed by atoms with E-state index < -0.39 is 23.5 Å². The molecule has 0 radical (unpaired) electrons. The molecule has 1 aliphatic rings. The molecule has 0 bridgehead atoms. The molecule has 1 saturated heterocycles. The Morgan fingerprint density at radius 3 is 2.53 bits per heavy atom. The van der Waals surface area contributed by atoms with Gasteiger partial charge in [-0.15, -0.1) is 0 Å². The number of anilines is 1. The molecular weight excluding hydrogens is 475 g/mol. The van der Waals surface area contributed by atoms with Gasteiger partial charge < -0.3 is 5.11 Å². The van der Waals surface area contributed by atoms with Crippen molar-refractivity contribution >= 4 is 55.7 Å². The smallest absolute Gasteiger partial charge is 0.301 e. The maximum Gasteiger partial charge on any atom is 0.301 e. The molecule has 5 nitrogen and oxygen atoms in total. The number of Topliss-reactive ketones (excluding diaryl/α,β-unsaturated/α-hetero) is 1. The van der Waals surface area contributed by atoms with Crippen LogP contribution in [-0.2, 0) is 9.59 Å². The molecule has 1 N–H and O–H groups in total. The van der Waals surface area contributed by atoms with Gasteiger partial charge in [0.2, 0.25) is 0 Å². The summed E-state index contributed by atoms with van der Waals surface area (Å²) >= 11 is 7.53. The summed E-state index contributed by atoms with van der Waals surface area (Å²) in [5.41, 5.74) is 3.43. The molecule has 1 aromatic heterocycles. The molecule has 0 saturated carbocycles. The molecule has 5 rings (SSSR count). The molecule has 8 heteroatoms. The SMILES string of the molecule is Cc1cc(C)c2nc(N3C(=O)C(=O)C(=C(O)c4ccc(F)cc4)C3c3cccc(Cl)c3)sc2c1. The Morgan fingerprint density at radius 1 is 1.09 bits per heavy atom. The molecule has 1 atom stereocenters. The second kappa shape index (κ2) is 8.34. The van der Waals surface area contributed by atoms with E-state index in [1.807, 2.05) is 26.0 Å². The number of aromatic nitrogens is 1. The zero-order valence-electron chi connectivity index (χ0n) is 18.2. The first-order valence-corrected chi connectivity index (χ1v) is 11.6. The molecule has 1 aliphatic heterocycles. The molecule has 4 aromatic rings. The highest BCUT2D eigenvalue weighted by molar-refractivity contribution is 7.22. The van der Waals surface area contributed by atoms with Crippen LogP contribution in [0.3, 0.4) is 0 Å². The summed E-state index contributed by atoms with van der Waals surface area (Å²) < 4.78 is 14.3. The van der Waals surface area contributed by atoms with Crippen molar-refractivity contribution < 1.29 is 19.1 Å². The zero-order chi connectivity index (χ0) is 24.1. The lowest BCUT2D eigenvalue weighted by molar-refractivity contribution is -0.132. The molecule has 0 aliphatic carbocycles. The Kier molecular flexibility index (Phi) is 5.46. The number of halogens is 2. The lowest BCUT2D eigenvalue weighted by atomic mass is 9.95. The van der Waals surface area contributed by atoms with Gasteiger partial charge in [0.1, 0.15) is 11.6 Å². The maximum absolute atomic E-state index is 13.4. The summed E-state index contributed by atoms with van der Waals surface area (Å²) in [5.74, 6) is -2.52. The fourth-order valence-corrected chi connectivity index (χ4v) is 5.61. The second-order valence-electron chi connectivity index (χ2n) is 8.16. The number of amides is 1. The van der Waals surface area contributed by atoms with Gasteiger partial charge >= 0.3 is 5.91 Å².